The summed E-state index contributed by atoms with van der Waals surface area (Å²) in [6.07, 6.45) is -2.11. The van der Waals surface area contributed by atoms with Gasteiger partial charge < -0.3 is 10.2 Å². The number of nitrogens with one attached hydrogen (secondary N) is 1. The summed E-state index contributed by atoms with van der Waals surface area (Å²) < 4.78 is 38.9. The predicted molar refractivity (Wildman–Crippen MR) is 75.7 cm³/mol. The monoisotopic (exact) mass is 351 g/mol. The fourth-order valence-corrected chi connectivity index (χ4v) is 2.88. The Hall–Kier alpha value is -0.820. The quantitative estimate of drug-likeness (QED) is 0.905. The van der Waals surface area contributed by atoms with Crippen molar-refractivity contribution < 1.29 is 13.2 Å². The van der Waals surface area contributed by atoms with Gasteiger partial charge in [-0.2, -0.15) is 13.2 Å². The van der Waals surface area contributed by atoms with E-state index in [0.29, 0.717) is 19.6 Å². The average Bonchev–Trinajstić information content (AvgIpc) is 2.38. The van der Waals surface area contributed by atoms with Crippen molar-refractivity contribution in [2.75, 3.05) is 25.0 Å². The predicted octanol–water partition coefficient (Wildman–Crippen LogP) is 3.34. The topological polar surface area (TPSA) is 28.2 Å². The van der Waals surface area contributed by atoms with Crippen molar-refractivity contribution >= 4 is 21.7 Å². The van der Waals surface area contributed by atoms with Crippen LogP contribution < -0.4 is 10.2 Å². The van der Waals surface area contributed by atoms with Crippen LogP contribution in [0.5, 0.6) is 0 Å². The number of rotatable bonds is 3. The fraction of sp³-hybridized carbons (Fsp3) is 0.615. The van der Waals surface area contributed by atoms with Crippen LogP contribution in [0.15, 0.2) is 16.7 Å². The first-order valence-electron chi connectivity index (χ1n) is 6.52. The van der Waals surface area contributed by atoms with Crippen molar-refractivity contribution in [2.24, 2.45) is 5.92 Å². The van der Waals surface area contributed by atoms with Gasteiger partial charge in [0.1, 0.15) is 5.82 Å². The van der Waals surface area contributed by atoms with Gasteiger partial charge in [0.05, 0.1) is 5.92 Å². The van der Waals surface area contributed by atoms with Gasteiger partial charge in [-0.05, 0) is 41.9 Å². The molecule has 0 atom stereocenters. The molecule has 0 saturated carbocycles. The summed E-state index contributed by atoms with van der Waals surface area (Å²) in [5.74, 6) is -0.398. The third kappa shape index (κ3) is 3.63. The summed E-state index contributed by atoms with van der Waals surface area (Å²) in [6, 6.07) is 1.95. The molecule has 1 fully saturated rings. The molecule has 1 aliphatic rings. The molecule has 1 N–H and O–H groups in total. The molecular formula is C13H17BrF3N3. The molecule has 1 aromatic heterocycles. The maximum atomic E-state index is 12.7. The normalized spacial score (nSPS) is 17.6. The fourth-order valence-electron chi connectivity index (χ4n) is 2.50. The smallest absolute Gasteiger partial charge is 0.356 e. The summed E-state index contributed by atoms with van der Waals surface area (Å²) in [4.78, 5) is 6.31. The molecule has 1 saturated heterocycles. The summed E-state index contributed by atoms with van der Waals surface area (Å²) in [5.41, 5.74) is 0.993. The number of pyridine rings is 1. The second kappa shape index (κ2) is 6.30. The summed E-state index contributed by atoms with van der Waals surface area (Å²) in [7, 11) is 1.83. The number of hydrogen-bond acceptors (Lipinski definition) is 3. The second-order valence-corrected chi connectivity index (χ2v) is 5.89. The van der Waals surface area contributed by atoms with E-state index in [2.05, 4.69) is 26.2 Å². The zero-order valence-corrected chi connectivity index (χ0v) is 12.8. The number of alkyl halides is 3. The molecular weight excluding hydrogens is 335 g/mol. The lowest BCUT2D eigenvalue weighted by molar-refractivity contribution is -0.179. The number of aromatic nitrogens is 1. The van der Waals surface area contributed by atoms with Gasteiger partial charge in [0.15, 0.2) is 0 Å². The zero-order chi connectivity index (χ0) is 14.8. The number of nitrogens with zero attached hydrogens (tertiary/aromatic N) is 2. The highest BCUT2D eigenvalue weighted by molar-refractivity contribution is 9.10. The molecule has 0 amide bonds. The second-order valence-electron chi connectivity index (χ2n) is 4.97. The number of halogens is 4. The van der Waals surface area contributed by atoms with Gasteiger partial charge in [-0.1, -0.05) is 0 Å². The van der Waals surface area contributed by atoms with Crippen LogP contribution in [-0.2, 0) is 6.54 Å². The molecule has 7 heteroatoms. The lowest BCUT2D eigenvalue weighted by Gasteiger charge is -2.34. The van der Waals surface area contributed by atoms with Crippen molar-refractivity contribution in [2.45, 2.75) is 25.6 Å². The lowest BCUT2D eigenvalue weighted by atomic mass is 9.96. The molecule has 0 bridgehead atoms. The maximum absolute atomic E-state index is 12.7. The van der Waals surface area contributed by atoms with Crippen LogP contribution in [0.4, 0.5) is 19.0 Å². The molecule has 0 aliphatic carbocycles. The molecule has 2 heterocycles. The number of piperidine rings is 1. The molecule has 0 aromatic carbocycles. The Morgan fingerprint density at radius 2 is 2.05 bits per heavy atom. The van der Waals surface area contributed by atoms with Gasteiger partial charge in [-0.25, -0.2) is 4.98 Å². The minimum atomic E-state index is -4.08. The van der Waals surface area contributed by atoms with Crippen molar-refractivity contribution in [3.8, 4) is 0 Å². The summed E-state index contributed by atoms with van der Waals surface area (Å²) >= 11 is 3.37. The highest BCUT2D eigenvalue weighted by atomic mass is 79.9. The molecule has 2 rings (SSSR count). The van der Waals surface area contributed by atoms with E-state index in [1.807, 2.05) is 18.0 Å². The van der Waals surface area contributed by atoms with Crippen LogP contribution >= 0.6 is 15.9 Å². The van der Waals surface area contributed by atoms with E-state index in [9.17, 15) is 13.2 Å². The molecule has 1 aromatic rings. The maximum Gasteiger partial charge on any atom is 0.391 e. The lowest BCUT2D eigenvalue weighted by Crippen LogP contribution is -2.39. The standard InChI is InChI=1S/C13H17BrF3N3/c1-18-7-9-6-11(14)8-19-12(9)20-4-2-10(3-5-20)13(15,16)17/h6,8,10,18H,2-5,7H2,1H3. The van der Waals surface area contributed by atoms with Gasteiger partial charge >= 0.3 is 6.18 Å². The van der Waals surface area contributed by atoms with Crippen molar-refractivity contribution in [1.82, 2.24) is 10.3 Å². The molecule has 0 radical (unpaired) electrons. The van der Waals surface area contributed by atoms with Gasteiger partial charge in [-0.15, -0.1) is 0 Å². The third-order valence-corrected chi connectivity index (χ3v) is 3.97. The largest absolute Gasteiger partial charge is 0.391 e. The van der Waals surface area contributed by atoms with Crippen LogP contribution in [0.1, 0.15) is 18.4 Å². The zero-order valence-electron chi connectivity index (χ0n) is 11.2. The average molecular weight is 352 g/mol. The van der Waals surface area contributed by atoms with Crippen LogP contribution in [0, 0.1) is 5.92 Å². The molecule has 0 spiro atoms. The third-order valence-electron chi connectivity index (χ3n) is 3.53. The SMILES string of the molecule is CNCc1cc(Br)cnc1N1CCC(C(F)(F)F)CC1. The van der Waals surface area contributed by atoms with Gasteiger partial charge in [0.25, 0.3) is 0 Å². The van der Waals surface area contributed by atoms with Crippen LogP contribution in [-0.4, -0.2) is 31.3 Å². The van der Waals surface area contributed by atoms with Crippen LogP contribution in [0.25, 0.3) is 0 Å². The van der Waals surface area contributed by atoms with Crippen molar-refractivity contribution in [3.63, 3.8) is 0 Å². The Labute approximate surface area is 124 Å². The minimum Gasteiger partial charge on any atom is -0.356 e. The minimum absolute atomic E-state index is 0.139. The highest BCUT2D eigenvalue weighted by Gasteiger charge is 2.41. The number of hydrogen-bond donors (Lipinski definition) is 1. The molecule has 3 nitrogen and oxygen atoms in total. The molecule has 112 valence electrons. The van der Waals surface area contributed by atoms with Crippen LogP contribution in [0.2, 0.25) is 0 Å². The van der Waals surface area contributed by atoms with Crippen molar-refractivity contribution in [1.29, 1.82) is 0 Å². The van der Waals surface area contributed by atoms with Gasteiger partial charge in [0, 0.05) is 35.9 Å². The Morgan fingerprint density at radius 1 is 1.40 bits per heavy atom. The first-order valence-corrected chi connectivity index (χ1v) is 7.32. The highest BCUT2D eigenvalue weighted by Crippen LogP contribution is 2.35. The van der Waals surface area contributed by atoms with Gasteiger partial charge in [0.2, 0.25) is 0 Å². The Morgan fingerprint density at radius 3 is 2.60 bits per heavy atom. The molecule has 0 unspecified atom stereocenters. The van der Waals surface area contributed by atoms with E-state index in [0.717, 1.165) is 15.9 Å². The van der Waals surface area contributed by atoms with E-state index in [4.69, 9.17) is 0 Å². The molecule has 20 heavy (non-hydrogen) atoms. The Kier molecular flexibility index (Phi) is 4.90. The van der Waals surface area contributed by atoms with E-state index >= 15 is 0 Å². The van der Waals surface area contributed by atoms with E-state index in [1.54, 1.807) is 6.20 Å². The Balaban J connectivity index is 2.10. The summed E-state index contributed by atoms with van der Waals surface area (Å²) in [6.45, 7) is 1.44. The van der Waals surface area contributed by atoms with Crippen molar-refractivity contribution in [3.05, 3.63) is 22.3 Å². The van der Waals surface area contributed by atoms with E-state index in [-0.39, 0.29) is 12.8 Å². The number of anilines is 1. The van der Waals surface area contributed by atoms with E-state index < -0.39 is 12.1 Å². The Bertz CT molecular complexity index is 457. The first-order chi connectivity index (χ1) is 9.41. The summed E-state index contributed by atoms with van der Waals surface area (Å²) in [5, 5.41) is 3.06. The molecule has 1 aliphatic heterocycles. The van der Waals surface area contributed by atoms with Crippen LogP contribution in [0.3, 0.4) is 0 Å². The first kappa shape index (κ1) is 15.6. The van der Waals surface area contributed by atoms with Gasteiger partial charge in [-0.3, -0.25) is 0 Å². The van der Waals surface area contributed by atoms with E-state index in [1.165, 1.54) is 0 Å².